The second-order valence-corrected chi connectivity index (χ2v) is 4.37. The van der Waals surface area contributed by atoms with E-state index < -0.39 is 0 Å². The highest BCUT2D eigenvalue weighted by Gasteiger charge is 2.20. The molecule has 1 unspecified atom stereocenters. The molecule has 4 heteroatoms. The number of carbonyl (C=O) groups is 1. The Hall–Kier alpha value is -0.610. The van der Waals surface area contributed by atoms with Crippen molar-refractivity contribution in [1.82, 2.24) is 10.6 Å². The summed E-state index contributed by atoms with van der Waals surface area (Å²) in [5.41, 5.74) is -0.288. The number of hydrogen-bond donors (Lipinski definition) is 2. The second-order valence-electron chi connectivity index (χ2n) is 4.37. The van der Waals surface area contributed by atoms with Gasteiger partial charge in [0.2, 0.25) is 5.91 Å². The van der Waals surface area contributed by atoms with Crippen LogP contribution < -0.4 is 10.6 Å². The van der Waals surface area contributed by atoms with Gasteiger partial charge in [-0.15, -0.1) is 0 Å². The molecule has 4 nitrogen and oxygen atoms in total. The average Bonchev–Trinajstić information content (AvgIpc) is 2.14. The van der Waals surface area contributed by atoms with Gasteiger partial charge in [-0.05, 0) is 27.8 Å². The number of carbonyl (C=O) groups excluding carboxylic acids is 1. The predicted molar refractivity (Wildman–Crippen MR) is 61.8 cm³/mol. The van der Waals surface area contributed by atoms with Crippen LogP contribution in [0.4, 0.5) is 0 Å². The van der Waals surface area contributed by atoms with Crippen LogP contribution in [0.15, 0.2) is 0 Å². The minimum Gasteiger partial charge on any atom is -0.374 e. The third kappa shape index (κ3) is 6.47. The lowest BCUT2D eigenvalue weighted by Crippen LogP contribution is -2.43. The van der Waals surface area contributed by atoms with E-state index in [0.29, 0.717) is 19.7 Å². The summed E-state index contributed by atoms with van der Waals surface area (Å²) in [6.45, 7) is 9.70. The molecule has 0 aromatic carbocycles. The highest BCUT2D eigenvalue weighted by atomic mass is 16.5. The Morgan fingerprint density at radius 2 is 2.07 bits per heavy atom. The first-order chi connectivity index (χ1) is 6.93. The molecule has 0 bridgehead atoms. The fourth-order valence-corrected chi connectivity index (χ4v) is 1.31. The SMILES string of the molecule is CCOC(C)(C)CNC(=O)C(C)CNC. The van der Waals surface area contributed by atoms with Crippen molar-refractivity contribution in [2.75, 3.05) is 26.7 Å². The van der Waals surface area contributed by atoms with Gasteiger partial charge in [-0.2, -0.15) is 0 Å². The Labute approximate surface area is 92.8 Å². The zero-order valence-electron chi connectivity index (χ0n) is 10.5. The van der Waals surface area contributed by atoms with Crippen molar-refractivity contribution >= 4 is 5.91 Å². The van der Waals surface area contributed by atoms with E-state index >= 15 is 0 Å². The summed E-state index contributed by atoms with van der Waals surface area (Å²) in [5, 5.41) is 5.87. The molecule has 0 aliphatic rings. The van der Waals surface area contributed by atoms with Gasteiger partial charge >= 0.3 is 0 Å². The molecule has 1 atom stereocenters. The van der Waals surface area contributed by atoms with Gasteiger partial charge in [-0.25, -0.2) is 0 Å². The van der Waals surface area contributed by atoms with E-state index in [9.17, 15) is 4.79 Å². The van der Waals surface area contributed by atoms with E-state index in [0.717, 1.165) is 0 Å². The molecule has 0 saturated carbocycles. The molecule has 0 radical (unpaired) electrons. The molecule has 0 spiro atoms. The van der Waals surface area contributed by atoms with Crippen LogP contribution in [0.2, 0.25) is 0 Å². The zero-order chi connectivity index (χ0) is 11.9. The maximum atomic E-state index is 11.6. The molecule has 15 heavy (non-hydrogen) atoms. The lowest BCUT2D eigenvalue weighted by molar-refractivity contribution is -0.125. The van der Waals surface area contributed by atoms with Crippen molar-refractivity contribution < 1.29 is 9.53 Å². The van der Waals surface area contributed by atoms with Gasteiger partial charge in [0.25, 0.3) is 0 Å². The van der Waals surface area contributed by atoms with Gasteiger partial charge in [0.05, 0.1) is 5.60 Å². The summed E-state index contributed by atoms with van der Waals surface area (Å²) in [6, 6.07) is 0. The molecule has 0 aliphatic heterocycles. The van der Waals surface area contributed by atoms with Gasteiger partial charge < -0.3 is 15.4 Å². The first kappa shape index (κ1) is 14.4. The van der Waals surface area contributed by atoms with E-state index in [1.807, 2.05) is 34.7 Å². The molecule has 2 N–H and O–H groups in total. The van der Waals surface area contributed by atoms with E-state index in [1.165, 1.54) is 0 Å². The summed E-state index contributed by atoms with van der Waals surface area (Å²) in [5.74, 6) is 0.0598. The van der Waals surface area contributed by atoms with Crippen molar-refractivity contribution in [2.24, 2.45) is 5.92 Å². The first-order valence-corrected chi connectivity index (χ1v) is 5.49. The number of amides is 1. The van der Waals surface area contributed by atoms with Crippen molar-refractivity contribution in [3.05, 3.63) is 0 Å². The summed E-state index contributed by atoms with van der Waals surface area (Å²) < 4.78 is 5.49. The summed E-state index contributed by atoms with van der Waals surface area (Å²) in [4.78, 5) is 11.6. The van der Waals surface area contributed by atoms with Gasteiger partial charge in [-0.3, -0.25) is 4.79 Å². The number of nitrogens with one attached hydrogen (secondary N) is 2. The Balaban J connectivity index is 3.88. The third-order valence-corrected chi connectivity index (χ3v) is 2.18. The fraction of sp³-hybridized carbons (Fsp3) is 0.909. The molecular weight excluding hydrogens is 192 g/mol. The minimum atomic E-state index is -0.288. The number of hydrogen-bond acceptors (Lipinski definition) is 3. The van der Waals surface area contributed by atoms with Crippen LogP contribution in [0.3, 0.4) is 0 Å². The van der Waals surface area contributed by atoms with E-state index in [4.69, 9.17) is 4.74 Å². The van der Waals surface area contributed by atoms with E-state index in [2.05, 4.69) is 10.6 Å². The summed E-state index contributed by atoms with van der Waals surface area (Å²) in [7, 11) is 1.84. The van der Waals surface area contributed by atoms with Gasteiger partial charge in [0.15, 0.2) is 0 Å². The molecule has 0 rings (SSSR count). The van der Waals surface area contributed by atoms with Crippen LogP contribution in [0.5, 0.6) is 0 Å². The van der Waals surface area contributed by atoms with Gasteiger partial charge in [0, 0.05) is 25.6 Å². The minimum absolute atomic E-state index is 0.00701. The molecule has 0 aliphatic carbocycles. The molecule has 0 aromatic heterocycles. The van der Waals surface area contributed by atoms with Crippen molar-refractivity contribution in [3.8, 4) is 0 Å². The van der Waals surface area contributed by atoms with Crippen molar-refractivity contribution in [3.63, 3.8) is 0 Å². The van der Waals surface area contributed by atoms with Crippen LogP contribution in [0.25, 0.3) is 0 Å². The Morgan fingerprint density at radius 1 is 1.47 bits per heavy atom. The smallest absolute Gasteiger partial charge is 0.224 e. The highest BCUT2D eigenvalue weighted by molar-refractivity contribution is 5.78. The van der Waals surface area contributed by atoms with Crippen LogP contribution in [-0.4, -0.2) is 38.3 Å². The Kier molecular flexibility index (Phi) is 6.52. The normalized spacial score (nSPS) is 13.7. The standard InChI is InChI=1S/C11H24N2O2/c1-6-15-11(3,4)8-13-10(14)9(2)7-12-5/h9,12H,6-8H2,1-5H3,(H,13,14). The Bertz CT molecular complexity index is 193. The van der Waals surface area contributed by atoms with Crippen LogP contribution >= 0.6 is 0 Å². The monoisotopic (exact) mass is 216 g/mol. The van der Waals surface area contributed by atoms with Gasteiger partial charge in [0.1, 0.15) is 0 Å². The van der Waals surface area contributed by atoms with Crippen LogP contribution in [0.1, 0.15) is 27.7 Å². The maximum Gasteiger partial charge on any atom is 0.224 e. The maximum absolute atomic E-state index is 11.6. The molecule has 1 amide bonds. The van der Waals surface area contributed by atoms with Crippen molar-refractivity contribution in [2.45, 2.75) is 33.3 Å². The lowest BCUT2D eigenvalue weighted by atomic mass is 10.1. The molecule has 0 heterocycles. The quantitative estimate of drug-likeness (QED) is 0.661. The molecule has 0 aromatic rings. The van der Waals surface area contributed by atoms with Crippen LogP contribution in [0, 0.1) is 5.92 Å². The molecular formula is C11H24N2O2. The topological polar surface area (TPSA) is 50.4 Å². The highest BCUT2D eigenvalue weighted by Crippen LogP contribution is 2.07. The predicted octanol–water partition coefficient (Wildman–Crippen LogP) is 0.773. The molecule has 0 saturated heterocycles. The van der Waals surface area contributed by atoms with Crippen LogP contribution in [-0.2, 0) is 9.53 Å². The summed E-state index contributed by atoms with van der Waals surface area (Å²) >= 11 is 0. The second kappa shape index (κ2) is 6.80. The lowest BCUT2D eigenvalue weighted by Gasteiger charge is -2.25. The number of ether oxygens (including phenoxy) is 1. The summed E-state index contributed by atoms with van der Waals surface area (Å²) in [6.07, 6.45) is 0. The molecule has 90 valence electrons. The first-order valence-electron chi connectivity index (χ1n) is 5.49. The molecule has 0 fully saturated rings. The Morgan fingerprint density at radius 3 is 2.53 bits per heavy atom. The van der Waals surface area contributed by atoms with E-state index in [1.54, 1.807) is 0 Å². The fourth-order valence-electron chi connectivity index (χ4n) is 1.31. The third-order valence-electron chi connectivity index (χ3n) is 2.18. The average molecular weight is 216 g/mol. The number of rotatable bonds is 7. The van der Waals surface area contributed by atoms with Crippen molar-refractivity contribution in [1.29, 1.82) is 0 Å². The van der Waals surface area contributed by atoms with E-state index in [-0.39, 0.29) is 17.4 Å². The largest absolute Gasteiger partial charge is 0.374 e. The zero-order valence-corrected chi connectivity index (χ0v) is 10.5. The van der Waals surface area contributed by atoms with Gasteiger partial charge in [-0.1, -0.05) is 6.92 Å².